The van der Waals surface area contributed by atoms with Gasteiger partial charge in [-0.3, -0.25) is 4.79 Å². The molecule has 0 aromatic rings. The fraction of sp³-hybridized carbons (Fsp3) is 0.833. The van der Waals surface area contributed by atoms with E-state index in [2.05, 4.69) is 5.32 Å². The summed E-state index contributed by atoms with van der Waals surface area (Å²) in [6.07, 6.45) is 1.58. The third-order valence-electron chi connectivity index (χ3n) is 1.45. The van der Waals surface area contributed by atoms with E-state index in [4.69, 9.17) is 4.74 Å². The maximum Gasteiger partial charge on any atom is 0.220 e. The van der Waals surface area contributed by atoms with Crippen LogP contribution in [0.15, 0.2) is 0 Å². The summed E-state index contributed by atoms with van der Waals surface area (Å²) in [5.41, 5.74) is 0. The SMILES string of the molecule is COC[C@@H]1CCC(=O)N1.Cl. The van der Waals surface area contributed by atoms with Crippen LogP contribution in [-0.2, 0) is 9.53 Å². The van der Waals surface area contributed by atoms with Crippen molar-refractivity contribution in [3.8, 4) is 0 Å². The Morgan fingerprint density at radius 3 is 2.90 bits per heavy atom. The highest BCUT2D eigenvalue weighted by Gasteiger charge is 2.19. The number of rotatable bonds is 2. The van der Waals surface area contributed by atoms with E-state index in [0.29, 0.717) is 13.0 Å². The Bertz CT molecular complexity index is 118. The second-order valence-electron chi connectivity index (χ2n) is 2.26. The minimum Gasteiger partial charge on any atom is -0.383 e. The van der Waals surface area contributed by atoms with Crippen molar-refractivity contribution in [1.82, 2.24) is 5.32 Å². The number of amides is 1. The molecule has 1 saturated heterocycles. The molecule has 0 unspecified atom stereocenters. The molecule has 1 rings (SSSR count). The molecule has 0 aromatic carbocycles. The first-order chi connectivity index (χ1) is 4.33. The third kappa shape index (κ3) is 2.54. The quantitative estimate of drug-likeness (QED) is 0.641. The first-order valence-electron chi connectivity index (χ1n) is 3.11. The molecule has 1 atom stereocenters. The van der Waals surface area contributed by atoms with E-state index in [0.717, 1.165) is 6.42 Å². The molecule has 0 aliphatic carbocycles. The molecule has 3 nitrogen and oxygen atoms in total. The van der Waals surface area contributed by atoms with Crippen molar-refractivity contribution in [1.29, 1.82) is 0 Å². The second kappa shape index (κ2) is 4.52. The molecule has 1 fully saturated rings. The molecule has 1 amide bonds. The maximum absolute atomic E-state index is 10.6. The summed E-state index contributed by atoms with van der Waals surface area (Å²) in [6, 6.07) is 0.266. The van der Waals surface area contributed by atoms with Gasteiger partial charge in [-0.2, -0.15) is 0 Å². The van der Waals surface area contributed by atoms with Crippen molar-refractivity contribution in [2.24, 2.45) is 0 Å². The summed E-state index contributed by atoms with van der Waals surface area (Å²) in [5, 5.41) is 2.79. The van der Waals surface area contributed by atoms with Crippen molar-refractivity contribution < 1.29 is 9.53 Å². The van der Waals surface area contributed by atoms with Gasteiger partial charge in [-0.1, -0.05) is 0 Å². The standard InChI is InChI=1S/C6H11NO2.ClH/c1-9-4-5-2-3-6(8)7-5;/h5H,2-4H2,1H3,(H,7,8);1H/t5-;/m0./s1. The van der Waals surface area contributed by atoms with Gasteiger partial charge < -0.3 is 10.1 Å². The van der Waals surface area contributed by atoms with Crippen LogP contribution in [0.1, 0.15) is 12.8 Å². The summed E-state index contributed by atoms with van der Waals surface area (Å²) in [4.78, 5) is 10.6. The number of hydrogen-bond donors (Lipinski definition) is 1. The van der Waals surface area contributed by atoms with E-state index in [1.165, 1.54) is 0 Å². The van der Waals surface area contributed by atoms with Gasteiger partial charge in [0.15, 0.2) is 0 Å². The Hall–Kier alpha value is -0.280. The van der Waals surface area contributed by atoms with Crippen LogP contribution >= 0.6 is 12.4 Å². The first kappa shape index (κ1) is 9.72. The summed E-state index contributed by atoms with van der Waals surface area (Å²) in [5.74, 6) is 0.150. The van der Waals surface area contributed by atoms with E-state index >= 15 is 0 Å². The van der Waals surface area contributed by atoms with Crippen LogP contribution in [0.4, 0.5) is 0 Å². The molecule has 0 aromatic heterocycles. The zero-order valence-corrected chi connectivity index (χ0v) is 6.74. The predicted octanol–water partition coefficient (Wildman–Crippen LogP) is 0.333. The van der Waals surface area contributed by atoms with Gasteiger partial charge in [-0.25, -0.2) is 0 Å². The van der Waals surface area contributed by atoms with Crippen LogP contribution in [0.2, 0.25) is 0 Å². The maximum atomic E-state index is 10.6. The van der Waals surface area contributed by atoms with Gasteiger partial charge >= 0.3 is 0 Å². The summed E-state index contributed by atoms with van der Waals surface area (Å²) in [6.45, 7) is 0.645. The number of halogens is 1. The molecule has 1 N–H and O–H groups in total. The van der Waals surface area contributed by atoms with Crippen LogP contribution in [0.25, 0.3) is 0 Å². The summed E-state index contributed by atoms with van der Waals surface area (Å²) in [7, 11) is 1.64. The van der Waals surface area contributed by atoms with E-state index < -0.39 is 0 Å². The molecule has 0 spiro atoms. The largest absolute Gasteiger partial charge is 0.383 e. The molecule has 1 aliphatic heterocycles. The lowest BCUT2D eigenvalue weighted by Crippen LogP contribution is -2.29. The molecule has 0 bridgehead atoms. The van der Waals surface area contributed by atoms with Gasteiger partial charge in [0.05, 0.1) is 12.6 Å². The number of nitrogens with one attached hydrogen (secondary N) is 1. The summed E-state index contributed by atoms with van der Waals surface area (Å²) >= 11 is 0. The number of ether oxygens (including phenoxy) is 1. The van der Waals surface area contributed by atoms with E-state index in [1.54, 1.807) is 7.11 Å². The van der Waals surface area contributed by atoms with Crippen LogP contribution in [0.5, 0.6) is 0 Å². The minimum atomic E-state index is 0. The van der Waals surface area contributed by atoms with Crippen molar-refractivity contribution in [2.75, 3.05) is 13.7 Å². The molecule has 1 heterocycles. The van der Waals surface area contributed by atoms with Crippen LogP contribution in [-0.4, -0.2) is 25.7 Å². The summed E-state index contributed by atoms with van der Waals surface area (Å²) < 4.78 is 4.86. The number of carbonyl (C=O) groups excluding carboxylic acids is 1. The van der Waals surface area contributed by atoms with Crippen LogP contribution < -0.4 is 5.32 Å². The lowest BCUT2D eigenvalue weighted by atomic mass is 10.2. The highest BCUT2D eigenvalue weighted by atomic mass is 35.5. The lowest BCUT2D eigenvalue weighted by molar-refractivity contribution is -0.119. The zero-order chi connectivity index (χ0) is 6.69. The number of methoxy groups -OCH3 is 1. The van der Waals surface area contributed by atoms with Crippen LogP contribution in [0.3, 0.4) is 0 Å². The molecule has 0 saturated carbocycles. The molecular formula is C6H12ClNO2. The Labute approximate surface area is 66.5 Å². The molecular weight excluding hydrogens is 154 g/mol. The fourth-order valence-corrected chi connectivity index (χ4v) is 1.00. The highest BCUT2D eigenvalue weighted by molar-refractivity contribution is 5.85. The van der Waals surface area contributed by atoms with Crippen molar-refractivity contribution in [2.45, 2.75) is 18.9 Å². The second-order valence-corrected chi connectivity index (χ2v) is 2.26. The minimum absolute atomic E-state index is 0. The van der Waals surface area contributed by atoms with Crippen molar-refractivity contribution >= 4 is 18.3 Å². The first-order valence-corrected chi connectivity index (χ1v) is 3.11. The Kier molecular flexibility index (Phi) is 4.40. The van der Waals surface area contributed by atoms with Gasteiger partial charge in [-0.05, 0) is 6.42 Å². The number of carbonyl (C=O) groups is 1. The smallest absolute Gasteiger partial charge is 0.220 e. The van der Waals surface area contributed by atoms with E-state index in [9.17, 15) is 4.79 Å². The molecule has 60 valence electrons. The zero-order valence-electron chi connectivity index (χ0n) is 5.92. The predicted molar refractivity (Wildman–Crippen MR) is 40.3 cm³/mol. The lowest BCUT2D eigenvalue weighted by Gasteiger charge is -2.05. The number of hydrogen-bond acceptors (Lipinski definition) is 2. The average molecular weight is 166 g/mol. The topological polar surface area (TPSA) is 38.3 Å². The molecule has 4 heteroatoms. The molecule has 0 radical (unpaired) electrons. The monoisotopic (exact) mass is 165 g/mol. The van der Waals surface area contributed by atoms with Gasteiger partial charge in [0, 0.05) is 13.5 Å². The van der Waals surface area contributed by atoms with Gasteiger partial charge in [0.1, 0.15) is 0 Å². The van der Waals surface area contributed by atoms with Gasteiger partial charge in [0.25, 0.3) is 0 Å². The van der Waals surface area contributed by atoms with E-state index in [-0.39, 0.29) is 24.4 Å². The Morgan fingerprint density at radius 1 is 1.80 bits per heavy atom. The van der Waals surface area contributed by atoms with E-state index in [1.807, 2.05) is 0 Å². The normalized spacial score (nSPS) is 23.7. The van der Waals surface area contributed by atoms with Crippen LogP contribution in [0, 0.1) is 0 Å². The van der Waals surface area contributed by atoms with Crippen molar-refractivity contribution in [3.63, 3.8) is 0 Å². The Morgan fingerprint density at radius 2 is 2.50 bits per heavy atom. The molecule has 1 aliphatic rings. The fourth-order valence-electron chi connectivity index (χ4n) is 1.00. The highest BCUT2D eigenvalue weighted by Crippen LogP contribution is 2.05. The Balaban J connectivity index is 0.000000810. The molecule has 10 heavy (non-hydrogen) atoms. The van der Waals surface area contributed by atoms with Gasteiger partial charge in [0.2, 0.25) is 5.91 Å². The third-order valence-corrected chi connectivity index (χ3v) is 1.45. The average Bonchev–Trinajstić information content (AvgIpc) is 2.17. The van der Waals surface area contributed by atoms with Gasteiger partial charge in [-0.15, -0.1) is 12.4 Å². The van der Waals surface area contributed by atoms with Crippen molar-refractivity contribution in [3.05, 3.63) is 0 Å².